The number of carboxylic acids is 1. The molecule has 0 heterocycles. The Morgan fingerprint density at radius 2 is 2.11 bits per heavy atom. The third-order valence-electron chi connectivity index (χ3n) is 1.46. The average molecular weight is 191 g/mol. The molecule has 9 heavy (non-hydrogen) atoms. The molecule has 0 aromatic rings. The third-order valence-corrected chi connectivity index (χ3v) is 2.36. The van der Waals surface area contributed by atoms with E-state index in [9.17, 15) is 4.79 Å². The number of hydrogen-bond acceptors (Lipinski definition) is 1. The fraction of sp³-hybridized carbons (Fsp3) is 0.500. The van der Waals surface area contributed by atoms with Crippen LogP contribution in [0.3, 0.4) is 0 Å². The van der Waals surface area contributed by atoms with Gasteiger partial charge in [0.25, 0.3) is 0 Å². The van der Waals surface area contributed by atoms with Crippen molar-refractivity contribution in [3.8, 4) is 0 Å². The first kappa shape index (κ1) is 6.81. The summed E-state index contributed by atoms with van der Waals surface area (Å²) in [6.45, 7) is 0. The summed E-state index contributed by atoms with van der Waals surface area (Å²) in [5, 5.41) is 8.41. The van der Waals surface area contributed by atoms with Crippen molar-refractivity contribution in [2.75, 3.05) is 0 Å². The minimum absolute atomic E-state index is 0.369. The molecule has 1 saturated carbocycles. The Labute approximate surface area is 61.7 Å². The number of carbonyl (C=O) groups is 1. The number of allylic oxidation sites excluding steroid dienone is 1. The van der Waals surface area contributed by atoms with Crippen LogP contribution in [0.1, 0.15) is 19.3 Å². The summed E-state index contributed by atoms with van der Waals surface area (Å²) in [5.41, 5.74) is 1.04. The van der Waals surface area contributed by atoms with Crippen molar-refractivity contribution < 1.29 is 9.90 Å². The molecule has 0 bridgehead atoms. The summed E-state index contributed by atoms with van der Waals surface area (Å²) in [5.74, 6) is -0.843. The lowest BCUT2D eigenvalue weighted by molar-refractivity contribution is -0.131. The van der Waals surface area contributed by atoms with Crippen molar-refractivity contribution in [2.45, 2.75) is 19.3 Å². The highest BCUT2D eigenvalue weighted by Crippen LogP contribution is 2.31. The molecule has 50 valence electrons. The Morgan fingerprint density at radius 3 is 2.22 bits per heavy atom. The molecule has 1 fully saturated rings. The highest BCUT2D eigenvalue weighted by molar-refractivity contribution is 9.12. The molecule has 0 aromatic heterocycles. The second-order valence-electron chi connectivity index (χ2n) is 2.08. The normalized spacial score (nSPS) is 16.8. The highest BCUT2D eigenvalue weighted by Gasteiger charge is 2.16. The largest absolute Gasteiger partial charge is 0.477 e. The Bertz CT molecular complexity index is 166. The van der Waals surface area contributed by atoms with Crippen LogP contribution in [-0.2, 0) is 4.79 Å². The van der Waals surface area contributed by atoms with Crippen LogP contribution in [0.2, 0.25) is 0 Å². The zero-order valence-electron chi connectivity index (χ0n) is 4.85. The molecule has 1 N–H and O–H groups in total. The van der Waals surface area contributed by atoms with Crippen LogP contribution < -0.4 is 0 Å². The number of aliphatic carboxylic acids is 1. The summed E-state index contributed by atoms with van der Waals surface area (Å²) < 4.78 is 0.369. The van der Waals surface area contributed by atoms with Gasteiger partial charge in [0.1, 0.15) is 4.48 Å². The van der Waals surface area contributed by atoms with Crippen LogP contribution in [0.4, 0.5) is 0 Å². The Balaban J connectivity index is 2.67. The maximum Gasteiger partial charge on any atom is 0.342 e. The van der Waals surface area contributed by atoms with E-state index in [0.29, 0.717) is 4.48 Å². The summed E-state index contributed by atoms with van der Waals surface area (Å²) >= 11 is 3.00. The number of halogens is 1. The highest BCUT2D eigenvalue weighted by atomic mass is 79.9. The van der Waals surface area contributed by atoms with Gasteiger partial charge in [0.15, 0.2) is 0 Å². The van der Waals surface area contributed by atoms with Crippen molar-refractivity contribution in [3.05, 3.63) is 10.1 Å². The van der Waals surface area contributed by atoms with Gasteiger partial charge in [-0.05, 0) is 40.8 Å². The van der Waals surface area contributed by atoms with E-state index in [1.807, 2.05) is 0 Å². The van der Waals surface area contributed by atoms with Gasteiger partial charge < -0.3 is 5.11 Å². The molecule has 0 aliphatic heterocycles. The van der Waals surface area contributed by atoms with E-state index in [-0.39, 0.29) is 0 Å². The second-order valence-corrected chi connectivity index (χ2v) is 2.87. The Hall–Kier alpha value is -0.310. The summed E-state index contributed by atoms with van der Waals surface area (Å²) in [6, 6.07) is 0. The van der Waals surface area contributed by atoms with Gasteiger partial charge in [0.2, 0.25) is 0 Å². The second kappa shape index (κ2) is 2.52. The Kier molecular flexibility index (Phi) is 1.90. The van der Waals surface area contributed by atoms with Gasteiger partial charge in [0.05, 0.1) is 0 Å². The monoisotopic (exact) mass is 190 g/mol. The molecule has 1 aliphatic carbocycles. The van der Waals surface area contributed by atoms with Crippen molar-refractivity contribution in [3.63, 3.8) is 0 Å². The molecule has 0 aromatic carbocycles. The van der Waals surface area contributed by atoms with Crippen molar-refractivity contribution >= 4 is 21.9 Å². The lowest BCUT2D eigenvalue weighted by Gasteiger charge is -2.16. The molecule has 0 atom stereocenters. The lowest BCUT2D eigenvalue weighted by Crippen LogP contribution is -2.05. The predicted octanol–water partition coefficient (Wildman–Crippen LogP) is 1.90. The topological polar surface area (TPSA) is 37.3 Å². The van der Waals surface area contributed by atoms with Crippen LogP contribution in [0.5, 0.6) is 0 Å². The van der Waals surface area contributed by atoms with E-state index in [1.165, 1.54) is 0 Å². The third kappa shape index (κ3) is 1.33. The van der Waals surface area contributed by atoms with Gasteiger partial charge in [-0.1, -0.05) is 0 Å². The van der Waals surface area contributed by atoms with Crippen LogP contribution in [-0.4, -0.2) is 11.1 Å². The average Bonchev–Trinajstić information content (AvgIpc) is 1.60. The zero-order chi connectivity index (χ0) is 6.85. The SMILES string of the molecule is O=C(O)C(Br)=C1CCC1. The van der Waals surface area contributed by atoms with Gasteiger partial charge in [-0.3, -0.25) is 0 Å². The van der Waals surface area contributed by atoms with Gasteiger partial charge in [-0.15, -0.1) is 0 Å². The number of carboxylic acid groups (broad SMARTS) is 1. The van der Waals surface area contributed by atoms with Crippen LogP contribution in [0.15, 0.2) is 10.1 Å². The van der Waals surface area contributed by atoms with E-state index >= 15 is 0 Å². The summed E-state index contributed by atoms with van der Waals surface area (Å²) in [7, 11) is 0. The van der Waals surface area contributed by atoms with Gasteiger partial charge in [0, 0.05) is 0 Å². The first-order valence-corrected chi connectivity index (χ1v) is 3.62. The molecule has 0 saturated heterocycles. The predicted molar refractivity (Wildman–Crippen MR) is 37.4 cm³/mol. The van der Waals surface area contributed by atoms with Crippen molar-refractivity contribution in [2.24, 2.45) is 0 Å². The Morgan fingerprint density at radius 1 is 1.56 bits per heavy atom. The number of hydrogen-bond donors (Lipinski definition) is 1. The van der Waals surface area contributed by atoms with Gasteiger partial charge >= 0.3 is 5.97 Å². The molecule has 0 spiro atoms. The minimum Gasteiger partial charge on any atom is -0.477 e. The maximum absolute atomic E-state index is 10.2. The molecule has 0 radical (unpaired) electrons. The van der Waals surface area contributed by atoms with Gasteiger partial charge in [-0.25, -0.2) is 4.79 Å². The van der Waals surface area contributed by atoms with Crippen molar-refractivity contribution in [1.29, 1.82) is 0 Å². The van der Waals surface area contributed by atoms with Crippen molar-refractivity contribution in [1.82, 2.24) is 0 Å². The fourth-order valence-corrected chi connectivity index (χ4v) is 1.12. The van der Waals surface area contributed by atoms with E-state index < -0.39 is 5.97 Å². The summed E-state index contributed by atoms with van der Waals surface area (Å²) in [4.78, 5) is 10.2. The summed E-state index contributed by atoms with van der Waals surface area (Å²) in [6.07, 6.45) is 3.04. The smallest absolute Gasteiger partial charge is 0.342 e. The van der Waals surface area contributed by atoms with E-state index in [1.54, 1.807) is 0 Å². The molecule has 0 unspecified atom stereocenters. The fourth-order valence-electron chi connectivity index (χ4n) is 0.724. The minimum atomic E-state index is -0.843. The van der Waals surface area contributed by atoms with E-state index in [4.69, 9.17) is 5.11 Å². The molecule has 1 aliphatic rings. The standard InChI is InChI=1S/C6H7BrO2/c7-5(6(8)9)4-2-1-3-4/h1-3H2,(H,8,9). The molecular formula is C6H7BrO2. The number of rotatable bonds is 1. The molecule has 3 heteroatoms. The quantitative estimate of drug-likeness (QED) is 0.642. The lowest BCUT2D eigenvalue weighted by atomic mass is 9.92. The van der Waals surface area contributed by atoms with E-state index in [2.05, 4.69) is 15.9 Å². The maximum atomic E-state index is 10.2. The first-order valence-electron chi connectivity index (χ1n) is 2.82. The zero-order valence-corrected chi connectivity index (χ0v) is 6.44. The van der Waals surface area contributed by atoms with Crippen LogP contribution in [0, 0.1) is 0 Å². The van der Waals surface area contributed by atoms with E-state index in [0.717, 1.165) is 24.8 Å². The van der Waals surface area contributed by atoms with Gasteiger partial charge in [-0.2, -0.15) is 0 Å². The van der Waals surface area contributed by atoms with Crippen LogP contribution >= 0.6 is 15.9 Å². The molecular weight excluding hydrogens is 184 g/mol. The molecule has 2 nitrogen and oxygen atoms in total. The molecule has 0 amide bonds. The molecule has 1 rings (SSSR count). The van der Waals surface area contributed by atoms with Crippen LogP contribution in [0.25, 0.3) is 0 Å². The first-order chi connectivity index (χ1) is 4.22.